The van der Waals surface area contributed by atoms with Gasteiger partial charge in [-0.05, 0) is 75.0 Å². The number of ether oxygens (including phenoxy) is 4. The second-order valence-corrected chi connectivity index (χ2v) is 13.4. The number of rotatable bonds is 5. The van der Waals surface area contributed by atoms with Crippen molar-refractivity contribution in [2.24, 2.45) is 29.6 Å². The van der Waals surface area contributed by atoms with Crippen LogP contribution in [-0.2, 0) is 33.4 Å². The van der Waals surface area contributed by atoms with E-state index in [4.69, 9.17) is 18.9 Å². The summed E-state index contributed by atoms with van der Waals surface area (Å²) in [7, 11) is 1.28. The Hall–Kier alpha value is -3.24. The lowest BCUT2D eigenvalue weighted by atomic mass is 9.51. The van der Waals surface area contributed by atoms with Crippen LogP contribution in [0.25, 0.3) is 0 Å². The molecule has 0 radical (unpaired) electrons. The Balaban J connectivity index is 1.47. The molecule has 0 aromatic heterocycles. The lowest BCUT2D eigenvalue weighted by Crippen LogP contribution is -2.74. The first-order valence-electron chi connectivity index (χ1n) is 15.5. The Morgan fingerprint density at radius 2 is 1.65 bits per heavy atom. The monoisotopic (exact) mass is 593 g/mol. The molecule has 43 heavy (non-hydrogen) atoms. The summed E-state index contributed by atoms with van der Waals surface area (Å²) in [5.74, 6) is -4.18. The Bertz CT molecular complexity index is 1410. The minimum absolute atomic E-state index is 0.0454. The van der Waals surface area contributed by atoms with E-state index in [1.54, 1.807) is 24.3 Å². The molecule has 10 heteroatoms. The van der Waals surface area contributed by atoms with Gasteiger partial charge in [0.25, 0.3) is 0 Å². The van der Waals surface area contributed by atoms with E-state index in [0.29, 0.717) is 30.6 Å². The Labute approximate surface area is 250 Å². The lowest BCUT2D eigenvalue weighted by molar-refractivity contribution is -0.190. The zero-order valence-electron chi connectivity index (χ0n) is 25.0. The van der Waals surface area contributed by atoms with E-state index >= 15 is 0 Å². The molecule has 1 spiro atoms. The van der Waals surface area contributed by atoms with E-state index in [9.17, 15) is 24.3 Å². The highest BCUT2D eigenvalue weighted by molar-refractivity contribution is 5.93. The highest BCUT2D eigenvalue weighted by atomic mass is 16.6. The van der Waals surface area contributed by atoms with Crippen molar-refractivity contribution in [1.29, 1.82) is 0 Å². The maximum atomic E-state index is 14.2. The van der Waals surface area contributed by atoms with Gasteiger partial charge in [-0.3, -0.25) is 19.3 Å². The predicted octanol–water partition coefficient (Wildman–Crippen LogP) is 2.96. The number of piperidine rings is 2. The molecule has 6 aliphatic rings. The average Bonchev–Trinajstić information content (AvgIpc) is 3.36. The van der Waals surface area contributed by atoms with Crippen molar-refractivity contribution >= 4 is 23.9 Å². The zero-order valence-corrected chi connectivity index (χ0v) is 25.0. The smallest absolute Gasteiger partial charge is 0.337 e. The van der Waals surface area contributed by atoms with Crippen molar-refractivity contribution in [3.05, 3.63) is 41.5 Å². The number of benzene rings is 1. The molecular formula is C33H39NO9. The molecule has 7 rings (SSSR count). The minimum Gasteiger partial charge on any atom is -0.466 e. The predicted molar refractivity (Wildman–Crippen MR) is 150 cm³/mol. The SMILES string of the molecule is COC(=O)C1=C2C3(O)CC4CC5C3CCC(C)N5C24C2CCC(OC(C)=O)C(C(=O)Oc3ccccc3)C2C1OC(C)=O. The molecule has 0 amide bonds. The Morgan fingerprint density at radius 3 is 2.33 bits per heavy atom. The summed E-state index contributed by atoms with van der Waals surface area (Å²) in [6.07, 6.45) is 2.06. The van der Waals surface area contributed by atoms with Crippen molar-refractivity contribution < 1.29 is 43.2 Å². The molecule has 3 aliphatic heterocycles. The fourth-order valence-electron chi connectivity index (χ4n) is 10.7. The van der Waals surface area contributed by atoms with Crippen LogP contribution in [0.4, 0.5) is 0 Å². The number of nitrogens with zero attached hydrogens (tertiary/aromatic N) is 1. The van der Waals surface area contributed by atoms with E-state index in [0.717, 1.165) is 19.3 Å². The molecule has 1 N–H and O–H groups in total. The van der Waals surface area contributed by atoms with Crippen LogP contribution in [0, 0.1) is 29.6 Å². The standard InChI is InChI=1S/C33H39NO9/c1-16-10-11-21-23-14-19-15-32(21,39)29-27(30(37)40-4)28(42-18(3)36)25-22(33(19,29)34(16)23)12-13-24(41-17(2)35)26(25)31(38)43-20-8-6-5-7-9-20/h5-9,16,19,21-26,28,39H,10-15H2,1-4H3. The molecule has 10 nitrogen and oxygen atoms in total. The van der Waals surface area contributed by atoms with Crippen molar-refractivity contribution in [2.75, 3.05) is 7.11 Å². The maximum absolute atomic E-state index is 14.2. The number of hydrogen-bond donors (Lipinski definition) is 1. The summed E-state index contributed by atoms with van der Waals surface area (Å²) < 4.78 is 23.1. The van der Waals surface area contributed by atoms with Crippen LogP contribution in [-0.4, -0.2) is 76.4 Å². The van der Waals surface area contributed by atoms with E-state index < -0.39 is 59.1 Å². The Morgan fingerprint density at radius 1 is 0.953 bits per heavy atom. The van der Waals surface area contributed by atoms with Crippen molar-refractivity contribution in [1.82, 2.24) is 4.90 Å². The normalized spacial score (nSPS) is 43.4. The van der Waals surface area contributed by atoms with Gasteiger partial charge in [0.2, 0.25) is 0 Å². The number of fused-ring (bicyclic) bond motifs is 2. The topological polar surface area (TPSA) is 129 Å². The van der Waals surface area contributed by atoms with E-state index in [-0.39, 0.29) is 35.4 Å². The molecule has 5 bridgehead atoms. The molecule has 1 aromatic rings. The number of aliphatic hydroxyl groups is 1. The zero-order chi connectivity index (χ0) is 30.4. The van der Waals surface area contributed by atoms with E-state index in [1.807, 2.05) is 6.07 Å². The molecule has 3 heterocycles. The number of carbonyl (C=O) groups is 4. The van der Waals surface area contributed by atoms with Crippen molar-refractivity contribution in [3.63, 3.8) is 0 Å². The van der Waals surface area contributed by atoms with Crippen molar-refractivity contribution in [3.8, 4) is 5.75 Å². The van der Waals surface area contributed by atoms with Gasteiger partial charge >= 0.3 is 23.9 Å². The van der Waals surface area contributed by atoms with Gasteiger partial charge in [-0.25, -0.2) is 4.79 Å². The molecule has 12 unspecified atom stereocenters. The number of carbonyl (C=O) groups excluding carboxylic acids is 4. The van der Waals surface area contributed by atoms with Crippen LogP contribution in [0.3, 0.4) is 0 Å². The molecule has 230 valence electrons. The second kappa shape index (κ2) is 9.89. The summed E-state index contributed by atoms with van der Waals surface area (Å²) in [5, 5.41) is 12.6. The van der Waals surface area contributed by atoms with Gasteiger partial charge in [0.15, 0.2) is 0 Å². The van der Waals surface area contributed by atoms with Crippen LogP contribution < -0.4 is 4.74 Å². The lowest BCUT2D eigenvalue weighted by Gasteiger charge is -2.65. The fourth-order valence-corrected chi connectivity index (χ4v) is 10.7. The van der Waals surface area contributed by atoms with Crippen LogP contribution >= 0.6 is 0 Å². The van der Waals surface area contributed by atoms with E-state index in [1.165, 1.54) is 21.0 Å². The first-order chi connectivity index (χ1) is 20.5. The van der Waals surface area contributed by atoms with Gasteiger partial charge in [-0.2, -0.15) is 0 Å². The molecule has 1 aromatic carbocycles. The first-order valence-corrected chi connectivity index (χ1v) is 15.5. The maximum Gasteiger partial charge on any atom is 0.337 e. The summed E-state index contributed by atoms with van der Waals surface area (Å²) in [5.41, 5.74) is -1.18. The van der Waals surface area contributed by atoms with Crippen LogP contribution in [0.1, 0.15) is 59.3 Å². The summed E-state index contributed by atoms with van der Waals surface area (Å²) in [6, 6.07) is 9.00. The second-order valence-electron chi connectivity index (χ2n) is 13.4. The first kappa shape index (κ1) is 28.5. The van der Waals surface area contributed by atoms with Gasteiger partial charge in [0, 0.05) is 37.8 Å². The average molecular weight is 594 g/mol. The minimum atomic E-state index is -1.23. The van der Waals surface area contributed by atoms with Gasteiger partial charge < -0.3 is 24.1 Å². The Kier molecular flexibility index (Phi) is 6.56. The van der Waals surface area contributed by atoms with Gasteiger partial charge in [-0.1, -0.05) is 18.2 Å². The summed E-state index contributed by atoms with van der Waals surface area (Å²) in [6.45, 7) is 4.77. The third-order valence-corrected chi connectivity index (χ3v) is 11.5. The van der Waals surface area contributed by atoms with Gasteiger partial charge in [0.1, 0.15) is 23.9 Å². The molecule has 2 saturated carbocycles. The number of methoxy groups -OCH3 is 1. The summed E-state index contributed by atoms with van der Waals surface area (Å²) in [4.78, 5) is 55.7. The number of para-hydroxylation sites is 1. The van der Waals surface area contributed by atoms with Crippen LogP contribution in [0.5, 0.6) is 5.75 Å². The quantitative estimate of drug-likeness (QED) is 0.309. The highest BCUT2D eigenvalue weighted by Crippen LogP contribution is 2.75. The summed E-state index contributed by atoms with van der Waals surface area (Å²) >= 11 is 0. The fraction of sp³-hybridized carbons (Fsp3) is 0.636. The molecule has 3 aliphatic carbocycles. The largest absolute Gasteiger partial charge is 0.466 e. The van der Waals surface area contributed by atoms with Crippen LogP contribution in [0.15, 0.2) is 41.5 Å². The van der Waals surface area contributed by atoms with E-state index in [2.05, 4.69) is 11.8 Å². The number of esters is 4. The molecule has 5 fully saturated rings. The highest BCUT2D eigenvalue weighted by Gasteiger charge is 2.81. The van der Waals surface area contributed by atoms with Crippen molar-refractivity contribution in [2.45, 2.75) is 94.7 Å². The van der Waals surface area contributed by atoms with Gasteiger partial charge in [0.05, 0.1) is 23.8 Å². The molecule has 12 atom stereocenters. The molecule has 3 saturated heterocycles. The van der Waals surface area contributed by atoms with Crippen LogP contribution in [0.2, 0.25) is 0 Å². The third-order valence-electron chi connectivity index (χ3n) is 11.5. The van der Waals surface area contributed by atoms with Gasteiger partial charge in [-0.15, -0.1) is 0 Å². The molecular weight excluding hydrogens is 554 g/mol. The number of hydrogen-bond acceptors (Lipinski definition) is 10. The third kappa shape index (κ3) is 3.78.